The third-order valence-electron chi connectivity index (χ3n) is 3.68. The Hall–Kier alpha value is -2.65. The number of urea groups is 1. The van der Waals surface area contributed by atoms with Crippen LogP contribution in [0.1, 0.15) is 11.1 Å². The van der Waals surface area contributed by atoms with Crippen molar-refractivity contribution in [2.45, 2.75) is 13.8 Å². The van der Waals surface area contributed by atoms with E-state index in [1.807, 2.05) is 32.0 Å². The van der Waals surface area contributed by atoms with Crippen molar-refractivity contribution in [2.24, 2.45) is 0 Å². The molecule has 0 saturated carbocycles. The predicted octanol–water partition coefficient (Wildman–Crippen LogP) is 3.93. The highest BCUT2D eigenvalue weighted by molar-refractivity contribution is 7.92. The van der Waals surface area contributed by atoms with E-state index in [0.29, 0.717) is 22.0 Å². The lowest BCUT2D eigenvalue weighted by Gasteiger charge is -2.09. The van der Waals surface area contributed by atoms with Gasteiger partial charge in [-0.2, -0.15) is 0 Å². The van der Waals surface area contributed by atoms with Gasteiger partial charge in [0.05, 0.1) is 16.5 Å². The van der Waals surface area contributed by atoms with Crippen LogP contribution in [0, 0.1) is 13.8 Å². The lowest BCUT2D eigenvalue weighted by atomic mass is 10.1. The molecular formula is C17H18N4O3S2. The molecule has 3 aromatic rings. The Morgan fingerprint density at radius 1 is 1.00 bits per heavy atom. The Labute approximate surface area is 155 Å². The quantitative estimate of drug-likeness (QED) is 0.628. The van der Waals surface area contributed by atoms with Gasteiger partial charge in [-0.05, 0) is 55.3 Å². The summed E-state index contributed by atoms with van der Waals surface area (Å²) >= 11 is 1.20. The molecule has 0 atom stereocenters. The largest absolute Gasteiger partial charge is 0.323 e. The summed E-state index contributed by atoms with van der Waals surface area (Å²) in [7, 11) is -3.38. The van der Waals surface area contributed by atoms with E-state index in [9.17, 15) is 13.2 Å². The second kappa shape index (κ2) is 6.93. The molecule has 2 amide bonds. The van der Waals surface area contributed by atoms with E-state index < -0.39 is 10.0 Å². The smallest absolute Gasteiger partial charge is 0.308 e. The van der Waals surface area contributed by atoms with Crippen LogP contribution in [0.5, 0.6) is 0 Å². The van der Waals surface area contributed by atoms with E-state index in [4.69, 9.17) is 0 Å². The van der Waals surface area contributed by atoms with Crippen molar-refractivity contribution in [1.82, 2.24) is 4.98 Å². The number of carbonyl (C=O) groups excluding carboxylic acids is 1. The van der Waals surface area contributed by atoms with Gasteiger partial charge in [-0.1, -0.05) is 17.4 Å². The number of sulfonamides is 1. The summed E-state index contributed by atoms with van der Waals surface area (Å²) in [5, 5.41) is 5.84. The van der Waals surface area contributed by atoms with Gasteiger partial charge in [-0.25, -0.2) is 18.2 Å². The Morgan fingerprint density at radius 2 is 1.65 bits per heavy atom. The first kappa shape index (κ1) is 18.2. The summed E-state index contributed by atoms with van der Waals surface area (Å²) in [5.41, 5.74) is 4.21. The van der Waals surface area contributed by atoms with Crippen LogP contribution in [-0.4, -0.2) is 25.7 Å². The number of amides is 2. The molecule has 0 aliphatic carbocycles. The minimum atomic E-state index is -3.38. The van der Waals surface area contributed by atoms with Gasteiger partial charge in [0.1, 0.15) is 0 Å². The third kappa shape index (κ3) is 4.50. The van der Waals surface area contributed by atoms with Crippen LogP contribution < -0.4 is 15.4 Å². The van der Waals surface area contributed by atoms with Crippen LogP contribution in [0.4, 0.5) is 21.3 Å². The van der Waals surface area contributed by atoms with Gasteiger partial charge in [0.25, 0.3) is 0 Å². The number of hydrogen-bond donors (Lipinski definition) is 3. The number of thiazole rings is 1. The molecule has 3 N–H and O–H groups in total. The second-order valence-electron chi connectivity index (χ2n) is 5.95. The summed E-state index contributed by atoms with van der Waals surface area (Å²) in [4.78, 5) is 16.4. The summed E-state index contributed by atoms with van der Waals surface area (Å²) in [6, 6.07) is 10.5. The summed E-state index contributed by atoms with van der Waals surface area (Å²) in [5.74, 6) is 0. The molecule has 0 aliphatic rings. The van der Waals surface area contributed by atoms with Crippen LogP contribution >= 0.6 is 11.3 Å². The van der Waals surface area contributed by atoms with Crippen molar-refractivity contribution in [3.05, 3.63) is 47.5 Å². The summed E-state index contributed by atoms with van der Waals surface area (Å²) in [6.45, 7) is 3.99. The molecule has 3 rings (SSSR count). The number of fused-ring (bicyclic) bond motifs is 1. The van der Waals surface area contributed by atoms with Crippen LogP contribution in [0.15, 0.2) is 36.4 Å². The van der Waals surface area contributed by atoms with Gasteiger partial charge in [-0.15, -0.1) is 0 Å². The number of benzene rings is 2. The van der Waals surface area contributed by atoms with E-state index in [2.05, 4.69) is 20.3 Å². The zero-order valence-corrected chi connectivity index (χ0v) is 16.1. The standard InChI is InChI=1S/C17H18N4O3S2/c1-10-4-5-12(8-11(10)2)18-16(22)19-13-6-7-14-15(9-13)25-17(20-14)21-26(3,23)24/h4-9H,1-3H3,(H,20,21)(H2,18,19,22). The Bertz CT molecular complexity index is 1090. The lowest BCUT2D eigenvalue weighted by Crippen LogP contribution is -2.19. The molecule has 7 nitrogen and oxygen atoms in total. The lowest BCUT2D eigenvalue weighted by molar-refractivity contribution is 0.262. The molecule has 0 radical (unpaired) electrons. The molecule has 0 spiro atoms. The number of rotatable bonds is 4. The van der Waals surface area contributed by atoms with Crippen molar-refractivity contribution in [1.29, 1.82) is 0 Å². The highest BCUT2D eigenvalue weighted by atomic mass is 32.2. The fraction of sp³-hybridized carbons (Fsp3) is 0.176. The molecule has 0 aliphatic heterocycles. The zero-order chi connectivity index (χ0) is 18.9. The predicted molar refractivity (Wildman–Crippen MR) is 107 cm³/mol. The molecule has 136 valence electrons. The maximum atomic E-state index is 12.2. The van der Waals surface area contributed by atoms with E-state index in [1.54, 1.807) is 18.2 Å². The zero-order valence-electron chi connectivity index (χ0n) is 14.5. The monoisotopic (exact) mass is 390 g/mol. The average molecular weight is 390 g/mol. The maximum absolute atomic E-state index is 12.2. The van der Waals surface area contributed by atoms with Crippen molar-refractivity contribution < 1.29 is 13.2 Å². The van der Waals surface area contributed by atoms with Crippen molar-refractivity contribution in [3.63, 3.8) is 0 Å². The average Bonchev–Trinajstić information content (AvgIpc) is 2.90. The second-order valence-corrected chi connectivity index (χ2v) is 8.73. The van der Waals surface area contributed by atoms with Crippen molar-refractivity contribution >= 4 is 54.1 Å². The SMILES string of the molecule is Cc1ccc(NC(=O)Nc2ccc3nc(NS(C)(=O)=O)sc3c2)cc1C. The van der Waals surface area contributed by atoms with E-state index in [-0.39, 0.29) is 6.03 Å². The molecule has 0 saturated heterocycles. The van der Waals surface area contributed by atoms with Gasteiger partial charge < -0.3 is 10.6 Å². The summed E-state index contributed by atoms with van der Waals surface area (Å²) in [6.07, 6.45) is 1.07. The first-order valence-electron chi connectivity index (χ1n) is 7.73. The van der Waals surface area contributed by atoms with Crippen LogP contribution in [-0.2, 0) is 10.0 Å². The fourth-order valence-corrected chi connectivity index (χ4v) is 4.06. The molecule has 0 fully saturated rings. The maximum Gasteiger partial charge on any atom is 0.323 e. The number of nitrogens with one attached hydrogen (secondary N) is 3. The Kier molecular flexibility index (Phi) is 4.84. The van der Waals surface area contributed by atoms with Gasteiger partial charge in [0, 0.05) is 11.4 Å². The number of anilines is 3. The normalized spacial score (nSPS) is 11.3. The number of nitrogens with zero attached hydrogens (tertiary/aromatic N) is 1. The topological polar surface area (TPSA) is 100 Å². The van der Waals surface area contributed by atoms with Gasteiger partial charge in [0.2, 0.25) is 10.0 Å². The first-order chi connectivity index (χ1) is 12.2. The minimum absolute atomic E-state index is 0.291. The van der Waals surface area contributed by atoms with Gasteiger partial charge >= 0.3 is 6.03 Å². The highest BCUT2D eigenvalue weighted by Gasteiger charge is 2.10. The number of aryl methyl sites for hydroxylation is 2. The van der Waals surface area contributed by atoms with Crippen LogP contribution in [0.25, 0.3) is 10.2 Å². The Balaban J connectivity index is 1.73. The Morgan fingerprint density at radius 3 is 2.31 bits per heavy atom. The molecular weight excluding hydrogens is 372 g/mol. The summed E-state index contributed by atoms with van der Waals surface area (Å²) < 4.78 is 25.7. The van der Waals surface area contributed by atoms with E-state index in [0.717, 1.165) is 22.1 Å². The van der Waals surface area contributed by atoms with Crippen molar-refractivity contribution in [2.75, 3.05) is 21.6 Å². The molecule has 0 bridgehead atoms. The van der Waals surface area contributed by atoms with Crippen LogP contribution in [0.3, 0.4) is 0 Å². The van der Waals surface area contributed by atoms with E-state index in [1.165, 1.54) is 11.3 Å². The van der Waals surface area contributed by atoms with E-state index >= 15 is 0 Å². The van der Waals surface area contributed by atoms with Crippen LogP contribution in [0.2, 0.25) is 0 Å². The molecule has 9 heteroatoms. The minimum Gasteiger partial charge on any atom is -0.308 e. The van der Waals surface area contributed by atoms with Crippen molar-refractivity contribution in [3.8, 4) is 0 Å². The molecule has 26 heavy (non-hydrogen) atoms. The first-order valence-corrected chi connectivity index (χ1v) is 10.4. The molecule has 1 heterocycles. The molecule has 0 unspecified atom stereocenters. The molecule has 2 aromatic carbocycles. The number of hydrogen-bond acceptors (Lipinski definition) is 5. The third-order valence-corrected chi connectivity index (χ3v) is 5.31. The molecule has 1 aromatic heterocycles. The highest BCUT2D eigenvalue weighted by Crippen LogP contribution is 2.29. The number of carbonyl (C=O) groups is 1. The van der Waals surface area contributed by atoms with Gasteiger partial charge in [0.15, 0.2) is 5.13 Å². The van der Waals surface area contributed by atoms with Gasteiger partial charge in [-0.3, -0.25) is 4.72 Å². The number of aromatic nitrogens is 1. The fourth-order valence-electron chi connectivity index (χ4n) is 2.32.